The second kappa shape index (κ2) is 8.75. The average molecular weight is 557 g/mol. The lowest BCUT2D eigenvalue weighted by molar-refractivity contribution is -0.174. The summed E-state index contributed by atoms with van der Waals surface area (Å²) >= 11 is 0. The Morgan fingerprint density at radius 3 is 1.73 bits per heavy atom. The van der Waals surface area contributed by atoms with Crippen LogP contribution in [0.5, 0.6) is 11.5 Å². The number of hydrogen-bond donors (Lipinski definition) is 1. The molecule has 1 unspecified atom stereocenters. The van der Waals surface area contributed by atoms with Crippen molar-refractivity contribution in [1.82, 2.24) is 0 Å². The first-order valence-corrected chi connectivity index (χ1v) is 11.4. The van der Waals surface area contributed by atoms with Gasteiger partial charge in [-0.2, -0.15) is 39.5 Å². The van der Waals surface area contributed by atoms with Gasteiger partial charge >= 0.3 is 18.5 Å². The molecule has 0 fully saturated rings. The fourth-order valence-corrected chi connectivity index (χ4v) is 4.59. The molecule has 0 spiro atoms. The number of anilines is 1. The van der Waals surface area contributed by atoms with E-state index in [2.05, 4.69) is 4.72 Å². The van der Waals surface area contributed by atoms with E-state index in [9.17, 15) is 47.9 Å². The summed E-state index contributed by atoms with van der Waals surface area (Å²) in [5.41, 5.74) is -9.10. The van der Waals surface area contributed by atoms with Gasteiger partial charge in [0.15, 0.2) is 11.5 Å². The highest BCUT2D eigenvalue weighted by Gasteiger charge is 2.51. The Bertz CT molecular complexity index is 1400. The van der Waals surface area contributed by atoms with E-state index in [0.717, 1.165) is 12.1 Å². The third kappa shape index (κ3) is 5.40. The smallest absolute Gasteiger partial charge is 0.417 e. The maximum absolute atomic E-state index is 13.4. The molecule has 37 heavy (non-hydrogen) atoms. The molecule has 5 nitrogen and oxygen atoms in total. The molecule has 4 rings (SSSR count). The number of rotatable bonds is 4. The lowest BCUT2D eigenvalue weighted by atomic mass is 9.95. The lowest BCUT2D eigenvalue weighted by Crippen LogP contribution is -2.24. The van der Waals surface area contributed by atoms with Gasteiger partial charge < -0.3 is 9.47 Å². The Kier molecular flexibility index (Phi) is 6.25. The van der Waals surface area contributed by atoms with Gasteiger partial charge in [0.05, 0.1) is 27.3 Å². The van der Waals surface area contributed by atoms with Crippen LogP contribution >= 0.6 is 0 Å². The van der Waals surface area contributed by atoms with E-state index in [1.54, 1.807) is 6.07 Å². The molecule has 15 heteroatoms. The van der Waals surface area contributed by atoms with Crippen LogP contribution in [-0.4, -0.2) is 8.42 Å². The van der Waals surface area contributed by atoms with E-state index >= 15 is 0 Å². The maximum Gasteiger partial charge on any atom is 0.417 e. The number of ether oxygens (including phenoxy) is 2. The first-order chi connectivity index (χ1) is 17.0. The van der Waals surface area contributed by atoms with Crippen molar-refractivity contribution >= 4 is 15.7 Å². The van der Waals surface area contributed by atoms with Crippen LogP contribution < -0.4 is 14.2 Å². The zero-order chi connectivity index (χ0) is 27.4. The van der Waals surface area contributed by atoms with Crippen molar-refractivity contribution in [2.24, 2.45) is 0 Å². The SMILES string of the molecule is O=S(=O)(Nc1ccc2c(c1)OC(c1cc(C(F)(F)F)c(C(F)(F)F)c(C(F)(F)F)c1)O2)c1ccccc1. The Hall–Kier alpha value is -3.62. The zero-order valence-corrected chi connectivity index (χ0v) is 18.6. The number of halogens is 9. The van der Waals surface area contributed by atoms with Crippen LogP contribution in [0, 0.1) is 0 Å². The number of sulfonamides is 1. The fourth-order valence-electron chi connectivity index (χ4n) is 3.52. The molecule has 0 saturated heterocycles. The molecular formula is C22H12F9NO4S. The van der Waals surface area contributed by atoms with Crippen LogP contribution in [0.4, 0.5) is 45.2 Å². The highest BCUT2D eigenvalue weighted by Crippen LogP contribution is 2.49. The van der Waals surface area contributed by atoms with E-state index < -0.39 is 57.1 Å². The molecule has 0 saturated carbocycles. The van der Waals surface area contributed by atoms with Crippen molar-refractivity contribution in [2.45, 2.75) is 29.7 Å². The quantitative estimate of drug-likeness (QED) is 0.351. The molecule has 1 aliphatic rings. The minimum absolute atomic E-state index is 0.0915. The maximum atomic E-state index is 13.4. The average Bonchev–Trinajstić information content (AvgIpc) is 3.20. The Morgan fingerprint density at radius 1 is 0.676 bits per heavy atom. The van der Waals surface area contributed by atoms with E-state index in [1.807, 2.05) is 0 Å². The Morgan fingerprint density at radius 2 is 1.22 bits per heavy atom. The summed E-state index contributed by atoms with van der Waals surface area (Å²) in [6, 6.07) is 10.2. The summed E-state index contributed by atoms with van der Waals surface area (Å²) in [6.07, 6.45) is -19.6. The lowest BCUT2D eigenvalue weighted by Gasteiger charge is -2.23. The normalized spacial score (nSPS) is 16.1. The molecule has 0 aliphatic carbocycles. The van der Waals surface area contributed by atoms with Crippen molar-refractivity contribution in [3.05, 3.63) is 82.9 Å². The third-order valence-electron chi connectivity index (χ3n) is 5.04. The highest BCUT2D eigenvalue weighted by molar-refractivity contribution is 7.92. The van der Waals surface area contributed by atoms with E-state index in [-0.39, 0.29) is 34.2 Å². The molecule has 3 aromatic rings. The molecule has 0 bridgehead atoms. The number of nitrogens with one attached hydrogen (secondary N) is 1. The standard InChI is InChI=1S/C22H12F9NO4S/c23-20(24,25)14-8-11(9-15(21(26,27)28)18(14)22(29,30)31)19-35-16-7-6-12(10-17(16)36-19)32-37(33,34)13-4-2-1-3-5-13/h1-10,19,32H. The minimum atomic E-state index is -5.97. The predicted octanol–water partition coefficient (Wildman–Crippen LogP) is 7.01. The second-order valence-electron chi connectivity index (χ2n) is 7.63. The largest absolute Gasteiger partial charge is 0.447 e. The Labute approximate surface area is 202 Å². The van der Waals surface area contributed by atoms with Gasteiger partial charge in [0.2, 0.25) is 0 Å². The topological polar surface area (TPSA) is 64.6 Å². The van der Waals surface area contributed by atoms with E-state index in [0.29, 0.717) is 0 Å². The van der Waals surface area contributed by atoms with Crippen molar-refractivity contribution in [3.63, 3.8) is 0 Å². The summed E-state index contributed by atoms with van der Waals surface area (Å²) < 4.78 is 158. The molecule has 1 heterocycles. The Balaban J connectivity index is 1.70. The second-order valence-corrected chi connectivity index (χ2v) is 9.31. The van der Waals surface area contributed by atoms with Gasteiger partial charge in [-0.3, -0.25) is 4.72 Å². The van der Waals surface area contributed by atoms with Gasteiger partial charge in [0.1, 0.15) is 0 Å². The summed E-state index contributed by atoms with van der Waals surface area (Å²) in [5, 5.41) is 0. The highest BCUT2D eigenvalue weighted by atomic mass is 32.2. The molecule has 0 aromatic heterocycles. The molecule has 1 atom stereocenters. The van der Waals surface area contributed by atoms with Gasteiger partial charge in [-0.25, -0.2) is 8.42 Å². The van der Waals surface area contributed by atoms with Gasteiger partial charge in [-0.1, -0.05) is 18.2 Å². The first-order valence-electron chi connectivity index (χ1n) is 9.91. The molecule has 0 radical (unpaired) electrons. The summed E-state index contributed by atoms with van der Waals surface area (Å²) in [4.78, 5) is -0.102. The van der Waals surface area contributed by atoms with Gasteiger partial charge in [0, 0.05) is 11.6 Å². The van der Waals surface area contributed by atoms with E-state index in [1.165, 1.54) is 30.3 Å². The molecule has 1 N–H and O–H groups in total. The summed E-state index contributed by atoms with van der Waals surface area (Å²) in [7, 11) is -4.06. The van der Waals surface area contributed by atoms with Crippen molar-refractivity contribution in [3.8, 4) is 11.5 Å². The predicted molar refractivity (Wildman–Crippen MR) is 109 cm³/mol. The van der Waals surface area contributed by atoms with Crippen molar-refractivity contribution < 1.29 is 57.4 Å². The van der Waals surface area contributed by atoms with Crippen LogP contribution in [0.3, 0.4) is 0 Å². The molecule has 0 amide bonds. The third-order valence-corrected chi connectivity index (χ3v) is 6.44. The number of alkyl halides is 9. The molecular weight excluding hydrogens is 545 g/mol. The van der Waals surface area contributed by atoms with Crippen LogP contribution in [0.25, 0.3) is 0 Å². The van der Waals surface area contributed by atoms with Gasteiger partial charge in [-0.15, -0.1) is 0 Å². The summed E-state index contributed by atoms with van der Waals surface area (Å²) in [5.74, 6) is -0.477. The van der Waals surface area contributed by atoms with Crippen LogP contribution in [-0.2, 0) is 28.6 Å². The van der Waals surface area contributed by atoms with Gasteiger partial charge in [0.25, 0.3) is 16.3 Å². The monoisotopic (exact) mass is 557 g/mol. The number of hydrogen-bond acceptors (Lipinski definition) is 4. The number of benzene rings is 3. The molecule has 198 valence electrons. The first kappa shape index (κ1) is 26.4. The molecule has 1 aliphatic heterocycles. The molecule has 3 aromatic carbocycles. The summed E-state index contributed by atoms with van der Waals surface area (Å²) in [6.45, 7) is 0. The fraction of sp³-hybridized carbons (Fsp3) is 0.182. The van der Waals surface area contributed by atoms with Gasteiger partial charge in [-0.05, 0) is 36.4 Å². The van der Waals surface area contributed by atoms with Crippen LogP contribution in [0.2, 0.25) is 0 Å². The van der Waals surface area contributed by atoms with E-state index in [4.69, 9.17) is 9.47 Å². The van der Waals surface area contributed by atoms with Crippen molar-refractivity contribution in [1.29, 1.82) is 0 Å². The zero-order valence-electron chi connectivity index (χ0n) is 17.8. The van der Waals surface area contributed by atoms with Crippen molar-refractivity contribution in [2.75, 3.05) is 4.72 Å². The van der Waals surface area contributed by atoms with Crippen LogP contribution in [0.1, 0.15) is 28.5 Å². The van der Waals surface area contributed by atoms with Crippen LogP contribution in [0.15, 0.2) is 65.6 Å². The number of fused-ring (bicyclic) bond motifs is 1. The minimum Gasteiger partial charge on any atom is -0.447 e.